The van der Waals surface area contributed by atoms with Crippen LogP contribution < -0.4 is 10.0 Å². The number of halogens is 1. The maximum atomic E-state index is 12.4. The second-order valence-electron chi connectivity index (χ2n) is 5.44. The molecule has 0 bridgehead atoms. The third kappa shape index (κ3) is 4.29. The summed E-state index contributed by atoms with van der Waals surface area (Å²) in [5, 5.41) is 3.66. The molecule has 0 aliphatic heterocycles. The van der Waals surface area contributed by atoms with Gasteiger partial charge in [-0.2, -0.15) is 0 Å². The van der Waals surface area contributed by atoms with E-state index in [1.807, 2.05) is 30.3 Å². The Balaban J connectivity index is 1.75. The molecule has 1 aromatic heterocycles. The number of para-hydroxylation sites is 1. The van der Waals surface area contributed by atoms with Gasteiger partial charge < -0.3 is 5.32 Å². The average Bonchev–Trinajstić information content (AvgIpc) is 2.60. The zero-order valence-corrected chi connectivity index (χ0v) is 15.0. The molecule has 0 radical (unpaired) electrons. The van der Waals surface area contributed by atoms with E-state index in [0.29, 0.717) is 22.1 Å². The summed E-state index contributed by atoms with van der Waals surface area (Å²) in [5.41, 5.74) is 1.98. The molecule has 0 atom stereocenters. The predicted octanol–water partition coefficient (Wildman–Crippen LogP) is 4.59. The Morgan fingerprint density at radius 3 is 2.36 bits per heavy atom. The number of aryl methyl sites for hydroxylation is 1. The lowest BCUT2D eigenvalue weighted by molar-refractivity contribution is 0.601. The zero-order chi connectivity index (χ0) is 17.9. The molecule has 25 heavy (non-hydrogen) atoms. The fraction of sp³-hybridized carbons (Fsp3) is 0.0556. The van der Waals surface area contributed by atoms with Crippen LogP contribution in [0.4, 0.5) is 17.2 Å². The molecule has 0 saturated carbocycles. The van der Waals surface area contributed by atoms with E-state index in [4.69, 9.17) is 11.6 Å². The molecule has 3 rings (SSSR count). The van der Waals surface area contributed by atoms with Crippen LogP contribution >= 0.6 is 11.6 Å². The molecule has 0 aliphatic rings. The van der Waals surface area contributed by atoms with Gasteiger partial charge in [-0.3, -0.25) is 4.72 Å². The molecule has 128 valence electrons. The van der Waals surface area contributed by atoms with E-state index < -0.39 is 10.0 Å². The topological polar surface area (TPSA) is 71.1 Å². The number of benzene rings is 2. The lowest BCUT2D eigenvalue weighted by atomic mass is 10.2. The summed E-state index contributed by atoms with van der Waals surface area (Å²) < 4.78 is 27.4. The number of sulfonamides is 1. The normalized spacial score (nSPS) is 11.1. The molecule has 5 nitrogen and oxygen atoms in total. The van der Waals surface area contributed by atoms with Gasteiger partial charge in [0.15, 0.2) is 0 Å². The van der Waals surface area contributed by atoms with Crippen LogP contribution in [0.3, 0.4) is 0 Å². The fourth-order valence-corrected chi connectivity index (χ4v) is 3.44. The Labute approximate surface area is 151 Å². The van der Waals surface area contributed by atoms with Crippen LogP contribution in [0.5, 0.6) is 0 Å². The smallest absolute Gasteiger partial charge is 0.261 e. The number of pyridine rings is 1. The number of rotatable bonds is 5. The number of anilines is 3. The van der Waals surface area contributed by atoms with E-state index in [-0.39, 0.29) is 4.90 Å². The Morgan fingerprint density at radius 2 is 1.72 bits per heavy atom. The van der Waals surface area contributed by atoms with Gasteiger partial charge in [-0.1, -0.05) is 29.8 Å². The molecule has 2 N–H and O–H groups in total. The van der Waals surface area contributed by atoms with Crippen molar-refractivity contribution in [3.05, 3.63) is 77.4 Å². The van der Waals surface area contributed by atoms with Crippen molar-refractivity contribution in [2.45, 2.75) is 11.8 Å². The Hall–Kier alpha value is -2.57. The van der Waals surface area contributed by atoms with Gasteiger partial charge in [-0.15, -0.1) is 0 Å². The lowest BCUT2D eigenvalue weighted by Crippen LogP contribution is -2.13. The highest BCUT2D eigenvalue weighted by Gasteiger charge is 2.15. The van der Waals surface area contributed by atoms with Gasteiger partial charge in [-0.25, -0.2) is 13.4 Å². The number of hydrogen-bond donors (Lipinski definition) is 2. The Kier molecular flexibility index (Phi) is 4.92. The first kappa shape index (κ1) is 17.3. The van der Waals surface area contributed by atoms with Crippen molar-refractivity contribution in [2.75, 3.05) is 10.0 Å². The minimum Gasteiger partial charge on any atom is -0.340 e. The standard InChI is InChI=1S/C18H16ClN3O2S/c1-13-11-16(8-9-17(13)19)25(23,24)22-15-7-10-18(20-12-15)21-14-5-3-2-4-6-14/h2-12,22H,1H3,(H,20,21). The van der Waals surface area contributed by atoms with E-state index in [2.05, 4.69) is 15.0 Å². The van der Waals surface area contributed by atoms with Gasteiger partial charge in [0, 0.05) is 10.7 Å². The highest BCUT2D eigenvalue weighted by atomic mass is 35.5. The molecule has 0 amide bonds. The van der Waals surface area contributed by atoms with Crippen molar-refractivity contribution in [2.24, 2.45) is 0 Å². The molecule has 0 unspecified atom stereocenters. The van der Waals surface area contributed by atoms with Gasteiger partial charge in [0.05, 0.1) is 16.8 Å². The highest BCUT2D eigenvalue weighted by molar-refractivity contribution is 7.92. The second-order valence-corrected chi connectivity index (χ2v) is 7.53. The highest BCUT2D eigenvalue weighted by Crippen LogP contribution is 2.22. The van der Waals surface area contributed by atoms with Crippen LogP contribution in [-0.2, 0) is 10.0 Å². The van der Waals surface area contributed by atoms with Crippen LogP contribution in [0.1, 0.15) is 5.56 Å². The molecular weight excluding hydrogens is 358 g/mol. The summed E-state index contributed by atoms with van der Waals surface area (Å²) in [6.45, 7) is 1.76. The van der Waals surface area contributed by atoms with Crippen molar-refractivity contribution < 1.29 is 8.42 Å². The SMILES string of the molecule is Cc1cc(S(=O)(=O)Nc2ccc(Nc3ccccc3)nc2)ccc1Cl. The summed E-state index contributed by atoms with van der Waals surface area (Å²) >= 11 is 5.94. The van der Waals surface area contributed by atoms with Crippen molar-refractivity contribution in [1.82, 2.24) is 4.98 Å². The van der Waals surface area contributed by atoms with Gasteiger partial charge in [0.2, 0.25) is 0 Å². The zero-order valence-electron chi connectivity index (χ0n) is 13.4. The molecular formula is C18H16ClN3O2S. The van der Waals surface area contributed by atoms with Gasteiger partial charge >= 0.3 is 0 Å². The van der Waals surface area contributed by atoms with Crippen LogP contribution in [0, 0.1) is 6.92 Å². The van der Waals surface area contributed by atoms with Crippen molar-refractivity contribution in [3.8, 4) is 0 Å². The summed E-state index contributed by atoms with van der Waals surface area (Å²) in [5.74, 6) is 0.622. The molecule has 0 aliphatic carbocycles. The second kappa shape index (κ2) is 7.13. The average molecular weight is 374 g/mol. The fourth-order valence-electron chi connectivity index (χ4n) is 2.20. The van der Waals surface area contributed by atoms with Crippen LogP contribution in [0.2, 0.25) is 5.02 Å². The minimum absolute atomic E-state index is 0.154. The molecule has 3 aromatic rings. The van der Waals surface area contributed by atoms with Crippen molar-refractivity contribution in [1.29, 1.82) is 0 Å². The monoisotopic (exact) mass is 373 g/mol. The lowest BCUT2D eigenvalue weighted by Gasteiger charge is -2.10. The summed E-state index contributed by atoms with van der Waals surface area (Å²) in [7, 11) is -3.69. The molecule has 0 spiro atoms. The first-order chi connectivity index (χ1) is 11.9. The first-order valence-corrected chi connectivity index (χ1v) is 9.37. The molecule has 2 aromatic carbocycles. The largest absolute Gasteiger partial charge is 0.340 e. The number of aromatic nitrogens is 1. The third-order valence-corrected chi connectivity index (χ3v) is 5.30. The van der Waals surface area contributed by atoms with E-state index in [0.717, 1.165) is 5.69 Å². The van der Waals surface area contributed by atoms with Gasteiger partial charge in [0.1, 0.15) is 5.82 Å². The first-order valence-electron chi connectivity index (χ1n) is 7.51. The number of nitrogens with zero attached hydrogens (tertiary/aromatic N) is 1. The van der Waals surface area contributed by atoms with E-state index in [9.17, 15) is 8.42 Å². The summed E-state index contributed by atoms with van der Waals surface area (Å²) in [6.07, 6.45) is 1.46. The maximum Gasteiger partial charge on any atom is 0.261 e. The third-order valence-electron chi connectivity index (χ3n) is 3.50. The maximum absolute atomic E-state index is 12.4. The Morgan fingerprint density at radius 1 is 0.960 bits per heavy atom. The van der Waals surface area contributed by atoms with E-state index in [1.165, 1.54) is 18.3 Å². The minimum atomic E-state index is -3.69. The van der Waals surface area contributed by atoms with Crippen molar-refractivity contribution >= 4 is 38.8 Å². The molecule has 1 heterocycles. The van der Waals surface area contributed by atoms with Crippen LogP contribution in [0.15, 0.2) is 71.8 Å². The predicted molar refractivity (Wildman–Crippen MR) is 101 cm³/mol. The number of nitrogens with one attached hydrogen (secondary N) is 2. The molecule has 7 heteroatoms. The van der Waals surface area contributed by atoms with E-state index >= 15 is 0 Å². The van der Waals surface area contributed by atoms with E-state index in [1.54, 1.807) is 25.1 Å². The van der Waals surface area contributed by atoms with Gasteiger partial charge in [0.25, 0.3) is 10.0 Å². The molecule has 0 fully saturated rings. The number of hydrogen-bond acceptors (Lipinski definition) is 4. The Bertz CT molecular complexity index is 975. The molecule has 0 saturated heterocycles. The van der Waals surface area contributed by atoms with Crippen LogP contribution in [-0.4, -0.2) is 13.4 Å². The summed E-state index contributed by atoms with van der Waals surface area (Å²) in [6, 6.07) is 17.5. The van der Waals surface area contributed by atoms with Crippen molar-refractivity contribution in [3.63, 3.8) is 0 Å². The van der Waals surface area contributed by atoms with Gasteiger partial charge in [-0.05, 0) is 55.0 Å². The quantitative estimate of drug-likeness (QED) is 0.686. The van der Waals surface area contributed by atoms with Crippen LogP contribution in [0.25, 0.3) is 0 Å². The summed E-state index contributed by atoms with van der Waals surface area (Å²) in [4.78, 5) is 4.38.